The van der Waals surface area contributed by atoms with Crippen LogP contribution in [0, 0.1) is 5.92 Å². The molecule has 1 heterocycles. The van der Waals surface area contributed by atoms with Crippen LogP contribution in [0.15, 0.2) is 35.6 Å². The van der Waals surface area contributed by atoms with Crippen molar-refractivity contribution in [3.8, 4) is 0 Å². The second-order valence-corrected chi connectivity index (χ2v) is 3.64. The fraction of sp³-hybridized carbons (Fsp3) is 0.364. The number of allylic oxidation sites excluding steroid dienone is 2. The topological polar surface area (TPSA) is 40.5 Å². The van der Waals surface area contributed by atoms with Gasteiger partial charge in [0.15, 0.2) is 0 Å². The van der Waals surface area contributed by atoms with Crippen molar-refractivity contribution in [1.82, 2.24) is 4.90 Å². The molecule has 74 valence electrons. The number of likely N-dealkylation sites (N-methyl/N-ethyl adjacent to an activating group) is 1. The Morgan fingerprint density at radius 2 is 2.36 bits per heavy atom. The predicted molar refractivity (Wildman–Crippen MR) is 53.5 cm³/mol. The van der Waals surface area contributed by atoms with E-state index in [2.05, 4.69) is 0 Å². The molecule has 1 aliphatic heterocycles. The van der Waals surface area contributed by atoms with Crippen LogP contribution in [0.25, 0.3) is 0 Å². The van der Waals surface area contributed by atoms with Gasteiger partial charge < -0.3 is 10.0 Å². The average Bonchev–Trinajstić information content (AvgIpc) is 2.55. The molecule has 0 fully saturated rings. The lowest BCUT2D eigenvalue weighted by Gasteiger charge is -2.26. The molecule has 0 aromatic heterocycles. The van der Waals surface area contributed by atoms with Gasteiger partial charge >= 0.3 is 0 Å². The highest BCUT2D eigenvalue weighted by molar-refractivity contribution is 5.78. The molecule has 3 heteroatoms. The number of hydrogen-bond acceptors (Lipinski definition) is 3. The van der Waals surface area contributed by atoms with Gasteiger partial charge in [-0.25, -0.2) is 0 Å². The van der Waals surface area contributed by atoms with E-state index in [1.165, 1.54) is 0 Å². The number of fused-ring (bicyclic) bond motifs is 1. The zero-order valence-corrected chi connectivity index (χ0v) is 8.05. The minimum atomic E-state index is 0.0571. The quantitative estimate of drug-likeness (QED) is 0.646. The van der Waals surface area contributed by atoms with Gasteiger partial charge in [0, 0.05) is 24.2 Å². The summed E-state index contributed by atoms with van der Waals surface area (Å²) >= 11 is 0. The second-order valence-electron chi connectivity index (χ2n) is 3.64. The number of aliphatic hydroxyl groups is 1. The first-order chi connectivity index (χ1) is 6.76. The number of carbonyl (C=O) groups is 1. The van der Waals surface area contributed by atoms with Crippen LogP contribution in [0.1, 0.15) is 0 Å². The third kappa shape index (κ3) is 1.30. The largest absolute Gasteiger partial charge is 0.390 e. The highest BCUT2D eigenvalue weighted by Gasteiger charge is 2.30. The van der Waals surface area contributed by atoms with E-state index in [1.54, 1.807) is 0 Å². The first-order valence-corrected chi connectivity index (χ1v) is 4.66. The first-order valence-electron chi connectivity index (χ1n) is 4.66. The third-order valence-electron chi connectivity index (χ3n) is 2.85. The van der Waals surface area contributed by atoms with Crippen LogP contribution in [0.2, 0.25) is 0 Å². The van der Waals surface area contributed by atoms with Crippen LogP contribution in [-0.2, 0) is 4.79 Å². The molecule has 0 bridgehead atoms. The summed E-state index contributed by atoms with van der Waals surface area (Å²) in [7, 11) is 1.94. The molecular weight excluding hydrogens is 178 g/mol. The van der Waals surface area contributed by atoms with Crippen molar-refractivity contribution in [2.45, 2.75) is 6.04 Å². The molecule has 0 aromatic carbocycles. The van der Waals surface area contributed by atoms with Gasteiger partial charge in [0.25, 0.3) is 0 Å². The summed E-state index contributed by atoms with van der Waals surface area (Å²) in [6, 6.07) is 0.197. The minimum Gasteiger partial charge on any atom is -0.390 e. The molecule has 3 nitrogen and oxygen atoms in total. The molecule has 2 atom stereocenters. The summed E-state index contributed by atoms with van der Waals surface area (Å²) < 4.78 is 0. The number of nitrogens with zero attached hydrogens (tertiary/aromatic N) is 1. The van der Waals surface area contributed by atoms with Crippen molar-refractivity contribution >= 4 is 6.29 Å². The number of carbonyl (C=O) groups excluding carboxylic acids is 1. The molecule has 2 rings (SSSR count). The Kier molecular flexibility index (Phi) is 2.25. The fourth-order valence-corrected chi connectivity index (χ4v) is 2.00. The maximum atomic E-state index is 10.6. The number of aliphatic hydroxyl groups excluding tert-OH is 1. The summed E-state index contributed by atoms with van der Waals surface area (Å²) in [5.41, 5.74) is 1.64. The van der Waals surface area contributed by atoms with E-state index < -0.39 is 0 Å². The lowest BCUT2D eigenvalue weighted by molar-refractivity contribution is -0.104. The van der Waals surface area contributed by atoms with E-state index in [1.807, 2.05) is 36.3 Å². The summed E-state index contributed by atoms with van der Waals surface area (Å²) in [4.78, 5) is 12.6. The third-order valence-corrected chi connectivity index (χ3v) is 2.85. The summed E-state index contributed by atoms with van der Waals surface area (Å²) in [5.74, 6) is 0.297. The predicted octanol–water partition coefficient (Wildman–Crippen LogP) is 0.488. The number of rotatable bonds is 2. The van der Waals surface area contributed by atoms with Gasteiger partial charge in [0.05, 0.1) is 12.6 Å². The van der Waals surface area contributed by atoms with Crippen LogP contribution in [0.5, 0.6) is 0 Å². The number of hydrogen-bond donors (Lipinski definition) is 1. The molecule has 0 amide bonds. The van der Waals surface area contributed by atoms with E-state index in [-0.39, 0.29) is 12.6 Å². The summed E-state index contributed by atoms with van der Waals surface area (Å²) in [6.45, 7) is 0.0571. The SMILES string of the molecule is CN1C(CO)=CC2C=CC(C=O)=CC21. The van der Waals surface area contributed by atoms with Crippen LogP contribution < -0.4 is 0 Å². The summed E-state index contributed by atoms with van der Waals surface area (Å²) in [6.07, 6.45) is 8.68. The van der Waals surface area contributed by atoms with Gasteiger partial charge in [-0.2, -0.15) is 0 Å². The molecule has 0 aromatic rings. The Labute approximate surface area is 83.0 Å². The fourth-order valence-electron chi connectivity index (χ4n) is 2.00. The Morgan fingerprint density at radius 3 is 3.00 bits per heavy atom. The zero-order chi connectivity index (χ0) is 10.1. The first kappa shape index (κ1) is 9.21. The van der Waals surface area contributed by atoms with Gasteiger partial charge in [0.1, 0.15) is 6.29 Å². The van der Waals surface area contributed by atoms with Crippen LogP contribution in [-0.4, -0.2) is 36.0 Å². The van der Waals surface area contributed by atoms with E-state index in [0.717, 1.165) is 12.0 Å². The molecule has 1 aliphatic carbocycles. The molecule has 2 unspecified atom stereocenters. The maximum absolute atomic E-state index is 10.6. The second kappa shape index (κ2) is 3.42. The van der Waals surface area contributed by atoms with Gasteiger partial charge in [-0.05, 0) is 0 Å². The molecule has 14 heavy (non-hydrogen) atoms. The van der Waals surface area contributed by atoms with E-state index in [4.69, 9.17) is 5.11 Å². The van der Waals surface area contributed by atoms with Crippen molar-refractivity contribution in [2.75, 3.05) is 13.7 Å². The van der Waals surface area contributed by atoms with Crippen LogP contribution in [0.4, 0.5) is 0 Å². The average molecular weight is 191 g/mol. The Balaban J connectivity index is 2.26. The lowest BCUT2D eigenvalue weighted by atomic mass is 9.94. The highest BCUT2D eigenvalue weighted by atomic mass is 16.3. The minimum absolute atomic E-state index is 0.0571. The monoisotopic (exact) mass is 191 g/mol. The van der Waals surface area contributed by atoms with Crippen molar-refractivity contribution in [3.05, 3.63) is 35.6 Å². The van der Waals surface area contributed by atoms with E-state index in [0.29, 0.717) is 11.5 Å². The van der Waals surface area contributed by atoms with Crippen molar-refractivity contribution in [3.63, 3.8) is 0 Å². The zero-order valence-electron chi connectivity index (χ0n) is 8.05. The van der Waals surface area contributed by atoms with E-state index >= 15 is 0 Å². The van der Waals surface area contributed by atoms with Crippen molar-refractivity contribution in [1.29, 1.82) is 0 Å². The number of aldehydes is 1. The van der Waals surface area contributed by atoms with Crippen LogP contribution in [0.3, 0.4) is 0 Å². The lowest BCUT2D eigenvalue weighted by Crippen LogP contribution is -2.30. The molecule has 2 aliphatic rings. The van der Waals surface area contributed by atoms with E-state index in [9.17, 15) is 4.79 Å². The smallest absolute Gasteiger partial charge is 0.149 e. The highest BCUT2D eigenvalue weighted by Crippen LogP contribution is 2.30. The Morgan fingerprint density at radius 1 is 1.57 bits per heavy atom. The molecule has 0 saturated heterocycles. The maximum Gasteiger partial charge on any atom is 0.149 e. The Hall–Kier alpha value is -1.35. The van der Waals surface area contributed by atoms with Gasteiger partial charge in [0.2, 0.25) is 0 Å². The molecule has 0 saturated carbocycles. The molecular formula is C11H13NO2. The van der Waals surface area contributed by atoms with Crippen molar-refractivity contribution in [2.24, 2.45) is 5.92 Å². The van der Waals surface area contributed by atoms with Crippen molar-refractivity contribution < 1.29 is 9.90 Å². The summed E-state index contributed by atoms with van der Waals surface area (Å²) in [5, 5.41) is 9.08. The standard InChI is InChI=1S/C11H13NO2/c1-12-10(7-14)5-9-3-2-8(6-13)4-11(9)12/h2-6,9,11,14H,7H2,1H3. The Bertz CT molecular complexity index is 341. The van der Waals surface area contributed by atoms with Gasteiger partial charge in [-0.15, -0.1) is 0 Å². The van der Waals surface area contributed by atoms with Gasteiger partial charge in [-0.1, -0.05) is 24.3 Å². The van der Waals surface area contributed by atoms with Crippen LogP contribution >= 0.6 is 0 Å². The molecule has 1 N–H and O–H groups in total. The molecule has 0 radical (unpaired) electrons. The molecule has 0 spiro atoms. The van der Waals surface area contributed by atoms with Gasteiger partial charge in [-0.3, -0.25) is 4.79 Å². The normalized spacial score (nSPS) is 29.7.